The third-order valence-electron chi connectivity index (χ3n) is 3.06. The number of amides is 1. The topological polar surface area (TPSA) is 33.5 Å². The number of carbonyl (C=O) groups is 1. The molecular formula is C16H16ClF2N2O+. The number of hydrogen-bond acceptors (Lipinski definition) is 1. The molecule has 22 heavy (non-hydrogen) atoms. The lowest BCUT2D eigenvalue weighted by Crippen LogP contribution is -3.08. The van der Waals surface area contributed by atoms with Crippen LogP contribution in [-0.4, -0.2) is 19.5 Å². The van der Waals surface area contributed by atoms with E-state index in [1.807, 2.05) is 25.2 Å². The highest BCUT2D eigenvalue weighted by Gasteiger charge is 2.13. The fourth-order valence-electron chi connectivity index (χ4n) is 2.12. The number of anilines is 1. The van der Waals surface area contributed by atoms with Crippen molar-refractivity contribution < 1.29 is 18.5 Å². The summed E-state index contributed by atoms with van der Waals surface area (Å²) in [6, 6.07) is 10.4. The average Bonchev–Trinajstić information content (AvgIpc) is 2.41. The van der Waals surface area contributed by atoms with Crippen molar-refractivity contribution in [2.45, 2.75) is 6.54 Å². The van der Waals surface area contributed by atoms with Crippen molar-refractivity contribution in [2.24, 2.45) is 0 Å². The summed E-state index contributed by atoms with van der Waals surface area (Å²) in [4.78, 5) is 12.8. The zero-order valence-corrected chi connectivity index (χ0v) is 12.8. The third-order valence-corrected chi connectivity index (χ3v) is 3.30. The number of nitrogens with one attached hydrogen (secondary N) is 2. The number of halogens is 3. The molecule has 3 nitrogen and oxygen atoms in total. The lowest BCUT2D eigenvalue weighted by Gasteiger charge is -2.14. The van der Waals surface area contributed by atoms with Gasteiger partial charge in [0, 0.05) is 16.7 Å². The molecule has 0 saturated heterocycles. The minimum absolute atomic E-state index is 0.0260. The number of rotatable bonds is 5. The van der Waals surface area contributed by atoms with Crippen LogP contribution >= 0.6 is 11.6 Å². The van der Waals surface area contributed by atoms with E-state index < -0.39 is 11.6 Å². The molecule has 6 heteroatoms. The zero-order valence-electron chi connectivity index (χ0n) is 12.0. The largest absolute Gasteiger partial charge is 0.326 e. The molecule has 0 aromatic heterocycles. The van der Waals surface area contributed by atoms with Gasteiger partial charge in [-0.05, 0) is 24.3 Å². The summed E-state index contributed by atoms with van der Waals surface area (Å²) in [6.07, 6.45) is 0. The molecule has 2 rings (SSSR count). The van der Waals surface area contributed by atoms with E-state index in [0.29, 0.717) is 11.6 Å². The fourth-order valence-corrected chi connectivity index (χ4v) is 2.33. The van der Waals surface area contributed by atoms with Gasteiger partial charge in [0.05, 0.1) is 12.7 Å². The monoisotopic (exact) mass is 325 g/mol. The van der Waals surface area contributed by atoms with Gasteiger partial charge in [-0.15, -0.1) is 0 Å². The Balaban J connectivity index is 1.91. The minimum atomic E-state index is -0.791. The van der Waals surface area contributed by atoms with Gasteiger partial charge >= 0.3 is 0 Å². The first-order chi connectivity index (χ1) is 10.4. The van der Waals surface area contributed by atoms with Crippen LogP contribution in [0.3, 0.4) is 0 Å². The molecule has 0 saturated carbocycles. The van der Waals surface area contributed by atoms with Crippen LogP contribution < -0.4 is 10.2 Å². The van der Waals surface area contributed by atoms with Crippen molar-refractivity contribution in [1.82, 2.24) is 0 Å². The lowest BCUT2D eigenvalue weighted by molar-refractivity contribution is -0.885. The van der Waals surface area contributed by atoms with Crippen LogP contribution in [0.1, 0.15) is 5.56 Å². The van der Waals surface area contributed by atoms with Crippen LogP contribution in [0.2, 0.25) is 5.02 Å². The van der Waals surface area contributed by atoms with Crippen LogP contribution in [0.25, 0.3) is 0 Å². The summed E-state index contributed by atoms with van der Waals surface area (Å²) in [5, 5.41) is 3.08. The first kappa shape index (κ1) is 16.4. The Morgan fingerprint density at radius 1 is 1.23 bits per heavy atom. The van der Waals surface area contributed by atoms with Gasteiger partial charge in [-0.2, -0.15) is 0 Å². The third kappa shape index (κ3) is 4.79. The Labute approximate surface area is 132 Å². The Kier molecular flexibility index (Phi) is 5.46. The smallest absolute Gasteiger partial charge is 0.279 e. The number of quaternary nitrogens is 1. The molecule has 1 amide bonds. The highest BCUT2D eigenvalue weighted by atomic mass is 35.5. The molecule has 2 aromatic rings. The summed E-state index contributed by atoms with van der Waals surface area (Å²) in [5.74, 6) is -1.81. The van der Waals surface area contributed by atoms with E-state index in [9.17, 15) is 13.6 Å². The van der Waals surface area contributed by atoms with Gasteiger partial charge in [-0.25, -0.2) is 8.78 Å². The Bertz CT molecular complexity index is 679. The lowest BCUT2D eigenvalue weighted by atomic mass is 10.2. The maximum atomic E-state index is 13.5. The van der Waals surface area contributed by atoms with Gasteiger partial charge in [0.25, 0.3) is 5.91 Å². The van der Waals surface area contributed by atoms with E-state index in [4.69, 9.17) is 11.6 Å². The Hall–Kier alpha value is -1.98. The highest BCUT2D eigenvalue weighted by Crippen LogP contribution is 2.14. The van der Waals surface area contributed by atoms with Gasteiger partial charge in [-0.1, -0.05) is 23.7 Å². The van der Waals surface area contributed by atoms with Crippen molar-refractivity contribution in [3.63, 3.8) is 0 Å². The second-order valence-corrected chi connectivity index (χ2v) is 5.55. The molecule has 1 unspecified atom stereocenters. The van der Waals surface area contributed by atoms with Crippen LogP contribution in [0.4, 0.5) is 14.5 Å². The molecular weight excluding hydrogens is 310 g/mol. The van der Waals surface area contributed by atoms with Crippen molar-refractivity contribution in [1.29, 1.82) is 0 Å². The molecule has 2 N–H and O–H groups in total. The molecule has 0 aliphatic heterocycles. The Morgan fingerprint density at radius 2 is 2.00 bits per heavy atom. The summed E-state index contributed by atoms with van der Waals surface area (Å²) < 4.78 is 26.3. The number of hydrogen-bond donors (Lipinski definition) is 2. The molecule has 1 atom stereocenters. The Morgan fingerprint density at radius 3 is 2.68 bits per heavy atom. The van der Waals surface area contributed by atoms with Crippen LogP contribution in [0.15, 0.2) is 42.5 Å². The van der Waals surface area contributed by atoms with Crippen molar-refractivity contribution in [2.75, 3.05) is 18.9 Å². The van der Waals surface area contributed by atoms with E-state index >= 15 is 0 Å². The molecule has 0 spiro atoms. The molecule has 0 heterocycles. The summed E-state index contributed by atoms with van der Waals surface area (Å²) in [7, 11) is 1.85. The van der Waals surface area contributed by atoms with Gasteiger partial charge in [-0.3, -0.25) is 4.79 Å². The molecule has 0 radical (unpaired) electrons. The number of benzene rings is 2. The van der Waals surface area contributed by atoms with Crippen molar-refractivity contribution in [3.8, 4) is 0 Å². The predicted molar refractivity (Wildman–Crippen MR) is 81.9 cm³/mol. The molecule has 116 valence electrons. The van der Waals surface area contributed by atoms with E-state index in [0.717, 1.165) is 22.6 Å². The number of likely N-dealkylation sites (N-methyl/N-ethyl adjacent to an activating group) is 1. The summed E-state index contributed by atoms with van der Waals surface area (Å²) >= 11 is 5.91. The maximum Gasteiger partial charge on any atom is 0.279 e. The quantitative estimate of drug-likeness (QED) is 0.869. The number of carbonyl (C=O) groups excluding carboxylic acids is 1. The van der Waals surface area contributed by atoms with E-state index in [2.05, 4.69) is 5.32 Å². The molecule has 0 aliphatic carbocycles. The molecule has 0 fully saturated rings. The average molecular weight is 326 g/mol. The van der Waals surface area contributed by atoms with E-state index in [1.54, 1.807) is 6.07 Å². The standard InChI is InChI=1S/C16H15ClF2N2O/c1-21(9-11-3-2-4-12(17)7-11)10-16(22)20-15-6-5-13(18)8-14(15)19/h2-8H,9-10H2,1H3,(H,20,22)/p+1. The van der Waals surface area contributed by atoms with Gasteiger partial charge in [0.15, 0.2) is 6.54 Å². The second-order valence-electron chi connectivity index (χ2n) is 5.11. The van der Waals surface area contributed by atoms with Crippen molar-refractivity contribution >= 4 is 23.2 Å². The molecule has 0 bridgehead atoms. The van der Waals surface area contributed by atoms with Crippen LogP contribution in [0, 0.1) is 11.6 Å². The summed E-state index contributed by atoms with van der Waals surface area (Å²) in [6.45, 7) is 0.767. The normalized spacial score (nSPS) is 12.0. The zero-order chi connectivity index (χ0) is 16.1. The van der Waals surface area contributed by atoms with E-state index in [1.165, 1.54) is 6.07 Å². The van der Waals surface area contributed by atoms with Gasteiger partial charge in [0.1, 0.15) is 18.2 Å². The van der Waals surface area contributed by atoms with Crippen molar-refractivity contribution in [3.05, 3.63) is 64.7 Å². The highest BCUT2D eigenvalue weighted by molar-refractivity contribution is 6.30. The van der Waals surface area contributed by atoms with Crippen LogP contribution in [0.5, 0.6) is 0 Å². The first-order valence-electron chi connectivity index (χ1n) is 6.74. The predicted octanol–water partition coefficient (Wildman–Crippen LogP) is 2.27. The molecule has 2 aromatic carbocycles. The fraction of sp³-hybridized carbons (Fsp3) is 0.188. The van der Waals surface area contributed by atoms with Gasteiger partial charge < -0.3 is 10.2 Å². The second kappa shape index (κ2) is 7.33. The minimum Gasteiger partial charge on any atom is -0.326 e. The van der Waals surface area contributed by atoms with Crippen LogP contribution in [-0.2, 0) is 11.3 Å². The SMILES string of the molecule is C[NH+](CC(=O)Nc1ccc(F)cc1F)Cc1cccc(Cl)c1. The van der Waals surface area contributed by atoms with Gasteiger partial charge in [0.2, 0.25) is 0 Å². The first-order valence-corrected chi connectivity index (χ1v) is 7.12. The molecule has 0 aliphatic rings. The van der Waals surface area contributed by atoms with E-state index in [-0.39, 0.29) is 18.1 Å². The maximum absolute atomic E-state index is 13.5. The summed E-state index contributed by atoms with van der Waals surface area (Å²) in [5.41, 5.74) is 0.979.